The van der Waals surface area contributed by atoms with Crippen molar-refractivity contribution in [2.45, 2.75) is 25.4 Å². The van der Waals surface area contributed by atoms with Crippen molar-refractivity contribution in [1.82, 2.24) is 4.90 Å². The molecule has 0 radical (unpaired) electrons. The lowest BCUT2D eigenvalue weighted by molar-refractivity contribution is -0.131. The minimum Gasteiger partial charge on any atom is -0.383 e. The van der Waals surface area contributed by atoms with Crippen LogP contribution < -0.4 is 5.32 Å². The second kappa shape index (κ2) is 5.61. The van der Waals surface area contributed by atoms with E-state index in [0.717, 1.165) is 50.3 Å². The largest absolute Gasteiger partial charge is 0.383 e. The molecule has 102 valence electrons. The van der Waals surface area contributed by atoms with E-state index in [4.69, 9.17) is 4.74 Å². The van der Waals surface area contributed by atoms with E-state index in [9.17, 15) is 4.79 Å². The van der Waals surface area contributed by atoms with Gasteiger partial charge in [-0.15, -0.1) is 0 Å². The van der Waals surface area contributed by atoms with Gasteiger partial charge in [-0.2, -0.15) is 0 Å². The SMILES string of the molecule is O=C1Cc2ccccc2NCCN1CC1CCCO1. The summed E-state index contributed by atoms with van der Waals surface area (Å²) in [4.78, 5) is 14.3. The lowest BCUT2D eigenvalue weighted by Crippen LogP contribution is -2.42. The molecule has 4 nitrogen and oxygen atoms in total. The molecule has 3 rings (SSSR count). The van der Waals surface area contributed by atoms with Gasteiger partial charge in [0.15, 0.2) is 0 Å². The van der Waals surface area contributed by atoms with Gasteiger partial charge in [-0.25, -0.2) is 0 Å². The predicted octanol–water partition coefficient (Wildman–Crippen LogP) is 1.66. The summed E-state index contributed by atoms with van der Waals surface area (Å²) in [6.07, 6.45) is 2.91. The van der Waals surface area contributed by atoms with Gasteiger partial charge in [0.1, 0.15) is 0 Å². The van der Waals surface area contributed by atoms with Crippen molar-refractivity contribution >= 4 is 11.6 Å². The third kappa shape index (κ3) is 2.89. The average Bonchev–Trinajstić information content (AvgIpc) is 2.90. The van der Waals surface area contributed by atoms with Crippen molar-refractivity contribution in [3.63, 3.8) is 0 Å². The Morgan fingerprint density at radius 1 is 1.37 bits per heavy atom. The Kier molecular flexibility index (Phi) is 3.69. The summed E-state index contributed by atoms with van der Waals surface area (Å²) in [5.74, 6) is 0.212. The van der Waals surface area contributed by atoms with E-state index >= 15 is 0 Å². The number of carbonyl (C=O) groups is 1. The van der Waals surface area contributed by atoms with Crippen LogP contribution in [0.1, 0.15) is 18.4 Å². The highest BCUT2D eigenvalue weighted by atomic mass is 16.5. The lowest BCUT2D eigenvalue weighted by Gasteiger charge is -2.28. The fourth-order valence-corrected chi connectivity index (χ4v) is 2.80. The Morgan fingerprint density at radius 2 is 2.26 bits per heavy atom. The quantitative estimate of drug-likeness (QED) is 0.879. The van der Waals surface area contributed by atoms with Gasteiger partial charge in [-0.1, -0.05) is 18.2 Å². The molecule has 1 atom stereocenters. The molecule has 0 aromatic heterocycles. The van der Waals surface area contributed by atoms with E-state index in [1.54, 1.807) is 0 Å². The van der Waals surface area contributed by atoms with Crippen LogP contribution in [0.3, 0.4) is 0 Å². The first-order chi connectivity index (χ1) is 9.33. The first-order valence-electron chi connectivity index (χ1n) is 7.04. The minimum atomic E-state index is 0.212. The number of nitrogens with one attached hydrogen (secondary N) is 1. The van der Waals surface area contributed by atoms with Gasteiger partial charge in [-0.05, 0) is 24.5 Å². The third-order valence-corrected chi connectivity index (χ3v) is 3.86. The standard InChI is InChI=1S/C15H20N2O2/c18-15-10-12-4-1-2-6-14(12)16-7-8-17(15)11-13-5-3-9-19-13/h1-2,4,6,13,16H,3,5,7-11H2. The summed E-state index contributed by atoms with van der Waals surface area (Å²) in [5, 5.41) is 3.41. The molecule has 1 unspecified atom stereocenters. The van der Waals surface area contributed by atoms with Gasteiger partial charge < -0.3 is 15.0 Å². The second-order valence-corrected chi connectivity index (χ2v) is 5.24. The van der Waals surface area contributed by atoms with Crippen molar-refractivity contribution < 1.29 is 9.53 Å². The van der Waals surface area contributed by atoms with Crippen molar-refractivity contribution in [1.29, 1.82) is 0 Å². The first-order valence-corrected chi connectivity index (χ1v) is 7.04. The van der Waals surface area contributed by atoms with Gasteiger partial charge in [0, 0.05) is 31.9 Å². The maximum Gasteiger partial charge on any atom is 0.227 e. The molecule has 1 amide bonds. The number of rotatable bonds is 2. The van der Waals surface area contributed by atoms with Crippen molar-refractivity contribution in [3.8, 4) is 0 Å². The lowest BCUT2D eigenvalue weighted by atomic mass is 10.1. The number of hydrogen-bond acceptors (Lipinski definition) is 3. The Balaban J connectivity index is 1.70. The monoisotopic (exact) mass is 260 g/mol. The van der Waals surface area contributed by atoms with Crippen LogP contribution in [0, 0.1) is 0 Å². The van der Waals surface area contributed by atoms with E-state index in [1.165, 1.54) is 0 Å². The topological polar surface area (TPSA) is 41.6 Å². The molecule has 1 saturated heterocycles. The Morgan fingerprint density at radius 3 is 3.11 bits per heavy atom. The fraction of sp³-hybridized carbons (Fsp3) is 0.533. The molecule has 1 aromatic carbocycles. The molecule has 0 aliphatic carbocycles. The molecule has 1 fully saturated rings. The summed E-state index contributed by atoms with van der Waals surface area (Å²) in [7, 11) is 0. The average molecular weight is 260 g/mol. The molecule has 4 heteroatoms. The molecule has 0 spiro atoms. The highest BCUT2D eigenvalue weighted by Crippen LogP contribution is 2.19. The zero-order chi connectivity index (χ0) is 13.1. The van der Waals surface area contributed by atoms with E-state index in [2.05, 4.69) is 5.32 Å². The number of nitrogens with zero attached hydrogens (tertiary/aromatic N) is 1. The summed E-state index contributed by atoms with van der Waals surface area (Å²) >= 11 is 0. The molecule has 2 heterocycles. The summed E-state index contributed by atoms with van der Waals surface area (Å²) in [6, 6.07) is 8.05. The van der Waals surface area contributed by atoms with Gasteiger partial charge in [0.2, 0.25) is 5.91 Å². The summed E-state index contributed by atoms with van der Waals surface area (Å²) in [5.41, 5.74) is 2.18. The molecule has 0 bridgehead atoms. The van der Waals surface area contributed by atoms with Gasteiger partial charge >= 0.3 is 0 Å². The van der Waals surface area contributed by atoms with Crippen LogP contribution in [-0.2, 0) is 16.0 Å². The van der Waals surface area contributed by atoms with Crippen LogP contribution in [0.25, 0.3) is 0 Å². The maximum absolute atomic E-state index is 12.4. The number of benzene rings is 1. The van der Waals surface area contributed by atoms with Gasteiger partial charge in [0.25, 0.3) is 0 Å². The molecule has 19 heavy (non-hydrogen) atoms. The Hall–Kier alpha value is -1.55. The number of hydrogen-bond donors (Lipinski definition) is 1. The zero-order valence-electron chi connectivity index (χ0n) is 11.1. The van der Waals surface area contributed by atoms with Crippen LogP contribution in [0.5, 0.6) is 0 Å². The third-order valence-electron chi connectivity index (χ3n) is 3.86. The molecular weight excluding hydrogens is 240 g/mol. The normalized spacial score (nSPS) is 23.5. The molecular formula is C15H20N2O2. The first kappa shape index (κ1) is 12.5. The van der Waals surface area contributed by atoms with Gasteiger partial charge in [0.05, 0.1) is 12.5 Å². The summed E-state index contributed by atoms with van der Waals surface area (Å²) in [6.45, 7) is 3.14. The second-order valence-electron chi connectivity index (χ2n) is 5.24. The molecule has 1 N–H and O–H groups in total. The smallest absolute Gasteiger partial charge is 0.227 e. The van der Waals surface area contributed by atoms with E-state index < -0.39 is 0 Å². The maximum atomic E-state index is 12.4. The van der Waals surface area contributed by atoms with E-state index in [1.807, 2.05) is 29.2 Å². The number of anilines is 1. The predicted molar refractivity (Wildman–Crippen MR) is 74.2 cm³/mol. The minimum absolute atomic E-state index is 0.212. The van der Waals surface area contributed by atoms with Crippen LogP contribution in [0.2, 0.25) is 0 Å². The van der Waals surface area contributed by atoms with Crippen molar-refractivity contribution in [2.75, 3.05) is 31.6 Å². The zero-order valence-corrected chi connectivity index (χ0v) is 11.1. The van der Waals surface area contributed by atoms with E-state index in [0.29, 0.717) is 6.42 Å². The Labute approximate surface area is 113 Å². The highest BCUT2D eigenvalue weighted by molar-refractivity contribution is 5.81. The van der Waals surface area contributed by atoms with Crippen LogP contribution in [0.15, 0.2) is 24.3 Å². The number of para-hydroxylation sites is 1. The van der Waals surface area contributed by atoms with Crippen LogP contribution in [0.4, 0.5) is 5.69 Å². The molecule has 2 aliphatic heterocycles. The van der Waals surface area contributed by atoms with Gasteiger partial charge in [-0.3, -0.25) is 4.79 Å². The molecule has 2 aliphatic rings. The highest BCUT2D eigenvalue weighted by Gasteiger charge is 2.24. The molecule has 0 saturated carbocycles. The van der Waals surface area contributed by atoms with Crippen LogP contribution in [-0.4, -0.2) is 43.2 Å². The number of carbonyl (C=O) groups excluding carboxylic acids is 1. The fourth-order valence-electron chi connectivity index (χ4n) is 2.80. The van der Waals surface area contributed by atoms with Crippen molar-refractivity contribution in [3.05, 3.63) is 29.8 Å². The number of fused-ring (bicyclic) bond motifs is 1. The molecule has 1 aromatic rings. The Bertz CT molecular complexity index is 455. The number of ether oxygens (including phenoxy) is 1. The van der Waals surface area contributed by atoms with E-state index in [-0.39, 0.29) is 12.0 Å². The number of amides is 1. The van der Waals surface area contributed by atoms with Crippen molar-refractivity contribution in [2.24, 2.45) is 0 Å². The summed E-state index contributed by atoms with van der Waals surface area (Å²) < 4.78 is 5.63. The van der Waals surface area contributed by atoms with Crippen LogP contribution >= 0.6 is 0 Å².